The third-order valence-electron chi connectivity index (χ3n) is 4.00. The van der Waals surface area contributed by atoms with Gasteiger partial charge in [0, 0.05) is 0 Å². The summed E-state index contributed by atoms with van der Waals surface area (Å²) in [6, 6.07) is 0. The molecule has 0 aliphatic heterocycles. The minimum atomic E-state index is -1.27. The second-order valence-corrected chi connectivity index (χ2v) is 6.21. The van der Waals surface area contributed by atoms with Gasteiger partial charge in [0.25, 0.3) is 0 Å². The van der Waals surface area contributed by atoms with Gasteiger partial charge in [0.1, 0.15) is 0 Å². The normalized spacial score (nSPS) is 14.2. The van der Waals surface area contributed by atoms with E-state index in [1.807, 2.05) is 0 Å². The van der Waals surface area contributed by atoms with Crippen LogP contribution in [0.3, 0.4) is 0 Å². The van der Waals surface area contributed by atoms with Crippen molar-refractivity contribution < 1.29 is 10.0 Å². The van der Waals surface area contributed by atoms with Gasteiger partial charge in [-0.05, 0) is 0 Å². The van der Waals surface area contributed by atoms with Crippen molar-refractivity contribution in [3.63, 3.8) is 0 Å². The molecule has 2 nitrogen and oxygen atoms in total. The van der Waals surface area contributed by atoms with Crippen LogP contribution in [0, 0.1) is 0 Å². The highest BCUT2D eigenvalue weighted by Crippen LogP contribution is 2.37. The molecule has 0 aliphatic carbocycles. The van der Waals surface area contributed by atoms with Gasteiger partial charge in [0.2, 0.25) is 0 Å². The SMILES string of the molecule is CCCCCCCC(C)([B]B(O)O)CCCCCC. The van der Waals surface area contributed by atoms with Crippen molar-refractivity contribution in [3.8, 4) is 0 Å². The molecule has 0 heterocycles. The summed E-state index contributed by atoms with van der Waals surface area (Å²) in [6.45, 7) is 6.63. The van der Waals surface area contributed by atoms with Crippen LogP contribution in [0.4, 0.5) is 0 Å². The average Bonchev–Trinajstić information content (AvgIpc) is 2.34. The van der Waals surface area contributed by atoms with E-state index in [1.165, 1.54) is 57.8 Å². The maximum absolute atomic E-state index is 9.23. The molecule has 0 aromatic carbocycles. The number of hydrogen-bond donors (Lipinski definition) is 2. The summed E-state index contributed by atoms with van der Waals surface area (Å²) in [5.74, 6) is 0. The van der Waals surface area contributed by atoms with E-state index in [0.717, 1.165) is 12.8 Å². The van der Waals surface area contributed by atoms with Gasteiger partial charge in [0.15, 0.2) is 7.17 Å². The molecule has 0 bridgehead atoms. The molecule has 0 aromatic rings. The fourth-order valence-corrected chi connectivity index (χ4v) is 2.74. The molecule has 0 saturated carbocycles. The van der Waals surface area contributed by atoms with E-state index >= 15 is 0 Å². The lowest BCUT2D eigenvalue weighted by molar-refractivity contribution is 0.417. The standard InChI is InChI=1S/C15H33B2O2/c1-4-6-8-10-12-14-15(3,16-17(18)19)13-11-9-7-5-2/h18-19H,4-14H2,1-3H3. The molecular weight excluding hydrogens is 234 g/mol. The van der Waals surface area contributed by atoms with Crippen LogP contribution in [-0.4, -0.2) is 24.2 Å². The molecule has 2 N–H and O–H groups in total. The van der Waals surface area contributed by atoms with Crippen LogP contribution in [0.5, 0.6) is 0 Å². The van der Waals surface area contributed by atoms with Crippen LogP contribution < -0.4 is 0 Å². The Morgan fingerprint density at radius 3 is 1.63 bits per heavy atom. The number of hydrogen-bond acceptors (Lipinski definition) is 2. The van der Waals surface area contributed by atoms with Crippen LogP contribution in [-0.2, 0) is 0 Å². The highest BCUT2D eigenvalue weighted by Gasteiger charge is 2.29. The fourth-order valence-electron chi connectivity index (χ4n) is 2.74. The zero-order valence-electron chi connectivity index (χ0n) is 13.3. The Hall–Kier alpha value is 0.0499. The van der Waals surface area contributed by atoms with Crippen molar-refractivity contribution in [1.29, 1.82) is 0 Å². The van der Waals surface area contributed by atoms with Gasteiger partial charge < -0.3 is 10.0 Å². The second kappa shape index (κ2) is 11.8. The first kappa shape index (κ1) is 19.0. The quantitative estimate of drug-likeness (QED) is 0.388. The molecule has 0 saturated heterocycles. The number of unbranched alkanes of at least 4 members (excludes halogenated alkanes) is 7. The van der Waals surface area contributed by atoms with Crippen LogP contribution >= 0.6 is 0 Å². The summed E-state index contributed by atoms with van der Waals surface area (Å²) < 4.78 is 0. The Balaban J connectivity index is 3.96. The van der Waals surface area contributed by atoms with E-state index in [9.17, 15) is 10.0 Å². The van der Waals surface area contributed by atoms with Crippen molar-refractivity contribution >= 4 is 14.2 Å². The molecule has 0 spiro atoms. The van der Waals surface area contributed by atoms with Crippen LogP contribution in [0.1, 0.15) is 91.4 Å². The van der Waals surface area contributed by atoms with E-state index in [-0.39, 0.29) is 5.31 Å². The first-order valence-electron chi connectivity index (χ1n) is 8.26. The summed E-state index contributed by atoms with van der Waals surface area (Å²) in [5.41, 5.74) is 0. The third kappa shape index (κ3) is 11.6. The molecule has 0 aromatic heterocycles. The minimum Gasteiger partial charge on any atom is -0.434 e. The van der Waals surface area contributed by atoms with E-state index in [1.54, 1.807) is 7.17 Å². The lowest BCUT2D eigenvalue weighted by Crippen LogP contribution is -2.32. The van der Waals surface area contributed by atoms with Gasteiger partial charge in [-0.1, -0.05) is 96.7 Å². The Morgan fingerprint density at radius 2 is 1.21 bits per heavy atom. The fraction of sp³-hybridized carbons (Fsp3) is 1.00. The summed E-state index contributed by atoms with van der Waals surface area (Å²) in [5, 5.41) is 18.5. The monoisotopic (exact) mass is 267 g/mol. The highest BCUT2D eigenvalue weighted by molar-refractivity contribution is 7.05. The lowest BCUT2D eigenvalue weighted by atomic mass is 9.30. The molecule has 1 radical (unpaired) electrons. The maximum atomic E-state index is 9.23. The number of rotatable bonds is 13. The van der Waals surface area contributed by atoms with Crippen molar-refractivity contribution in [3.05, 3.63) is 0 Å². The molecule has 4 heteroatoms. The summed E-state index contributed by atoms with van der Waals surface area (Å²) >= 11 is 0. The van der Waals surface area contributed by atoms with Gasteiger partial charge >= 0.3 is 7.01 Å². The Morgan fingerprint density at radius 1 is 0.789 bits per heavy atom. The Kier molecular flexibility index (Phi) is 11.9. The lowest BCUT2D eigenvalue weighted by Gasteiger charge is -2.29. The second-order valence-electron chi connectivity index (χ2n) is 6.21. The van der Waals surface area contributed by atoms with Gasteiger partial charge in [0.05, 0.1) is 0 Å². The topological polar surface area (TPSA) is 40.5 Å². The summed E-state index contributed by atoms with van der Waals surface area (Å²) in [6.07, 6.45) is 13.5. The van der Waals surface area contributed by atoms with E-state index in [2.05, 4.69) is 20.8 Å². The predicted octanol–water partition coefficient (Wildman–Crippen LogP) is 4.17. The molecule has 0 rings (SSSR count). The van der Waals surface area contributed by atoms with E-state index < -0.39 is 7.01 Å². The van der Waals surface area contributed by atoms with Gasteiger partial charge in [-0.25, -0.2) is 0 Å². The third-order valence-corrected chi connectivity index (χ3v) is 4.00. The largest absolute Gasteiger partial charge is 0.434 e. The molecule has 0 amide bonds. The van der Waals surface area contributed by atoms with Crippen molar-refractivity contribution in [2.45, 2.75) is 96.7 Å². The highest BCUT2D eigenvalue weighted by atomic mass is 16.4. The summed E-state index contributed by atoms with van der Waals surface area (Å²) in [4.78, 5) is 0. The van der Waals surface area contributed by atoms with Crippen LogP contribution in [0.25, 0.3) is 0 Å². The van der Waals surface area contributed by atoms with Crippen molar-refractivity contribution in [2.75, 3.05) is 0 Å². The molecular formula is C15H33B2O2. The van der Waals surface area contributed by atoms with Crippen molar-refractivity contribution in [1.82, 2.24) is 0 Å². The molecule has 111 valence electrons. The Labute approximate surface area is 121 Å². The van der Waals surface area contributed by atoms with Gasteiger partial charge in [-0.15, -0.1) is 0 Å². The van der Waals surface area contributed by atoms with E-state index in [4.69, 9.17) is 0 Å². The van der Waals surface area contributed by atoms with Crippen LogP contribution in [0.2, 0.25) is 5.31 Å². The first-order valence-corrected chi connectivity index (χ1v) is 8.26. The first-order chi connectivity index (χ1) is 9.04. The minimum absolute atomic E-state index is 0.00583. The maximum Gasteiger partial charge on any atom is 0.392 e. The summed E-state index contributed by atoms with van der Waals surface area (Å²) in [7, 11) is 0.463. The van der Waals surface area contributed by atoms with Crippen molar-refractivity contribution in [2.24, 2.45) is 0 Å². The molecule has 0 aliphatic rings. The molecule has 1 unspecified atom stereocenters. The van der Waals surface area contributed by atoms with E-state index in [0.29, 0.717) is 0 Å². The molecule has 19 heavy (non-hydrogen) atoms. The van der Waals surface area contributed by atoms with Gasteiger partial charge in [-0.2, -0.15) is 0 Å². The zero-order chi connectivity index (χ0) is 14.6. The zero-order valence-corrected chi connectivity index (χ0v) is 13.3. The average molecular weight is 267 g/mol. The molecule has 1 atom stereocenters. The Bertz CT molecular complexity index is 201. The van der Waals surface area contributed by atoms with Gasteiger partial charge in [-0.3, -0.25) is 0 Å². The molecule has 0 fully saturated rings. The van der Waals surface area contributed by atoms with Crippen LogP contribution in [0.15, 0.2) is 0 Å². The smallest absolute Gasteiger partial charge is 0.392 e. The predicted molar refractivity (Wildman–Crippen MR) is 86.4 cm³/mol.